The second-order valence-corrected chi connectivity index (χ2v) is 5.96. The minimum absolute atomic E-state index is 0.0814. The Morgan fingerprint density at radius 1 is 1.32 bits per heavy atom. The molecule has 1 aromatic carbocycles. The number of rotatable bonds is 4. The van der Waals surface area contributed by atoms with Crippen molar-refractivity contribution in [2.45, 2.75) is 50.5 Å². The first-order valence-electron chi connectivity index (χ1n) is 6.73. The molecule has 0 radical (unpaired) electrons. The van der Waals surface area contributed by atoms with Gasteiger partial charge in [-0.1, -0.05) is 36.9 Å². The molecular weight excluding hydrogens is 265 g/mol. The molecule has 104 valence electrons. The van der Waals surface area contributed by atoms with E-state index < -0.39 is 0 Å². The zero-order valence-electron chi connectivity index (χ0n) is 10.9. The first kappa shape index (κ1) is 14.5. The summed E-state index contributed by atoms with van der Waals surface area (Å²) in [6.45, 7) is 0. The largest absolute Gasteiger partial charge is 0.325 e. The predicted octanol–water partition coefficient (Wildman–Crippen LogP) is 3.64. The molecule has 0 spiro atoms. The molecule has 1 aliphatic carbocycles. The summed E-state index contributed by atoms with van der Waals surface area (Å²) >= 11 is 5.93. The van der Waals surface area contributed by atoms with E-state index in [1.165, 1.54) is 18.6 Å². The zero-order valence-corrected chi connectivity index (χ0v) is 11.7. The Morgan fingerprint density at radius 2 is 2.00 bits per heavy atom. The summed E-state index contributed by atoms with van der Waals surface area (Å²) in [5, 5.41) is 0.308. The minimum atomic E-state index is -0.385. The van der Waals surface area contributed by atoms with E-state index in [1.807, 2.05) is 0 Å². The molecule has 0 aliphatic heterocycles. The highest BCUT2D eigenvalue weighted by Gasteiger charge is 2.29. The molecule has 0 aromatic heterocycles. The van der Waals surface area contributed by atoms with Gasteiger partial charge in [0.15, 0.2) is 0 Å². The molecule has 1 fully saturated rings. The normalized spacial score (nSPS) is 18.3. The number of hydrogen-bond donors (Lipinski definition) is 1. The summed E-state index contributed by atoms with van der Waals surface area (Å²) in [7, 11) is 0. The predicted molar refractivity (Wildman–Crippen MR) is 74.7 cm³/mol. The molecule has 0 amide bonds. The number of benzene rings is 1. The van der Waals surface area contributed by atoms with Crippen LogP contribution in [0.5, 0.6) is 0 Å². The van der Waals surface area contributed by atoms with E-state index >= 15 is 0 Å². The SMILES string of the molecule is NC1(CC(=O)Cc2ccc(F)cc2Cl)CCCCC1. The van der Waals surface area contributed by atoms with Crippen LogP contribution in [0, 0.1) is 5.82 Å². The average molecular weight is 284 g/mol. The van der Waals surface area contributed by atoms with Crippen LogP contribution in [-0.2, 0) is 11.2 Å². The molecule has 1 aliphatic rings. The van der Waals surface area contributed by atoms with E-state index in [-0.39, 0.29) is 23.6 Å². The van der Waals surface area contributed by atoms with Crippen LogP contribution in [0.15, 0.2) is 18.2 Å². The van der Waals surface area contributed by atoms with Crippen molar-refractivity contribution in [3.63, 3.8) is 0 Å². The van der Waals surface area contributed by atoms with E-state index in [2.05, 4.69) is 0 Å². The molecule has 0 bridgehead atoms. The van der Waals surface area contributed by atoms with E-state index in [9.17, 15) is 9.18 Å². The quantitative estimate of drug-likeness (QED) is 0.917. The average Bonchev–Trinajstić information content (AvgIpc) is 2.33. The van der Waals surface area contributed by atoms with Gasteiger partial charge in [-0.15, -0.1) is 0 Å². The monoisotopic (exact) mass is 283 g/mol. The molecule has 0 unspecified atom stereocenters. The molecular formula is C15H19ClFNO. The first-order valence-corrected chi connectivity index (χ1v) is 7.11. The zero-order chi connectivity index (χ0) is 13.9. The Hall–Kier alpha value is -0.930. The highest BCUT2D eigenvalue weighted by atomic mass is 35.5. The van der Waals surface area contributed by atoms with Crippen LogP contribution in [-0.4, -0.2) is 11.3 Å². The van der Waals surface area contributed by atoms with Crippen LogP contribution in [0.25, 0.3) is 0 Å². The number of Topliss-reactive ketones (excluding diaryl/α,β-unsaturated/α-hetero) is 1. The maximum Gasteiger partial charge on any atom is 0.139 e. The van der Waals surface area contributed by atoms with E-state index in [1.54, 1.807) is 6.07 Å². The van der Waals surface area contributed by atoms with Crippen LogP contribution in [0.4, 0.5) is 4.39 Å². The van der Waals surface area contributed by atoms with Gasteiger partial charge in [-0.3, -0.25) is 4.79 Å². The number of nitrogens with two attached hydrogens (primary N) is 1. The lowest BCUT2D eigenvalue weighted by molar-refractivity contribution is -0.119. The van der Waals surface area contributed by atoms with Crippen LogP contribution in [0.3, 0.4) is 0 Å². The van der Waals surface area contributed by atoms with Crippen LogP contribution in [0.2, 0.25) is 5.02 Å². The fourth-order valence-corrected chi connectivity index (χ4v) is 3.00. The third-order valence-electron chi connectivity index (χ3n) is 3.80. The molecule has 2 nitrogen and oxygen atoms in total. The fraction of sp³-hybridized carbons (Fsp3) is 0.533. The van der Waals surface area contributed by atoms with Crippen molar-refractivity contribution in [3.8, 4) is 0 Å². The van der Waals surface area contributed by atoms with Crippen LogP contribution >= 0.6 is 11.6 Å². The molecule has 2 N–H and O–H groups in total. The lowest BCUT2D eigenvalue weighted by atomic mass is 9.78. The summed E-state index contributed by atoms with van der Waals surface area (Å²) in [6, 6.07) is 4.13. The van der Waals surface area contributed by atoms with Crippen molar-refractivity contribution in [3.05, 3.63) is 34.6 Å². The summed E-state index contributed by atoms with van der Waals surface area (Å²) < 4.78 is 12.9. The Bertz CT molecular complexity index is 469. The summed E-state index contributed by atoms with van der Waals surface area (Å²) in [5.41, 5.74) is 6.59. The van der Waals surface area contributed by atoms with E-state index in [0.29, 0.717) is 17.0 Å². The third-order valence-corrected chi connectivity index (χ3v) is 4.15. The lowest BCUT2D eigenvalue weighted by Crippen LogP contribution is -2.43. The van der Waals surface area contributed by atoms with Gasteiger partial charge < -0.3 is 5.73 Å². The van der Waals surface area contributed by atoms with Gasteiger partial charge in [0.25, 0.3) is 0 Å². The molecule has 1 saturated carbocycles. The van der Waals surface area contributed by atoms with E-state index in [4.69, 9.17) is 17.3 Å². The highest BCUT2D eigenvalue weighted by Crippen LogP contribution is 2.29. The number of ketones is 1. The lowest BCUT2D eigenvalue weighted by Gasteiger charge is -2.32. The second kappa shape index (κ2) is 6.02. The maximum atomic E-state index is 12.9. The number of hydrogen-bond acceptors (Lipinski definition) is 2. The molecule has 4 heteroatoms. The Labute approximate surface area is 118 Å². The number of carbonyl (C=O) groups excluding carboxylic acids is 1. The van der Waals surface area contributed by atoms with Crippen molar-refractivity contribution < 1.29 is 9.18 Å². The maximum absolute atomic E-state index is 12.9. The van der Waals surface area contributed by atoms with Crippen molar-refractivity contribution in [1.29, 1.82) is 0 Å². The third kappa shape index (κ3) is 4.02. The van der Waals surface area contributed by atoms with Crippen molar-refractivity contribution in [1.82, 2.24) is 0 Å². The molecule has 19 heavy (non-hydrogen) atoms. The Kier molecular flexibility index (Phi) is 4.58. The summed E-state index contributed by atoms with van der Waals surface area (Å²) in [5.74, 6) is -0.304. The second-order valence-electron chi connectivity index (χ2n) is 5.55. The van der Waals surface area contributed by atoms with Gasteiger partial charge in [0.2, 0.25) is 0 Å². The smallest absolute Gasteiger partial charge is 0.139 e. The molecule has 1 aromatic rings. The van der Waals surface area contributed by atoms with Gasteiger partial charge in [-0.25, -0.2) is 4.39 Å². The van der Waals surface area contributed by atoms with Gasteiger partial charge in [-0.05, 0) is 30.5 Å². The molecule has 2 rings (SSSR count). The van der Waals surface area contributed by atoms with Gasteiger partial charge >= 0.3 is 0 Å². The van der Waals surface area contributed by atoms with Crippen molar-refractivity contribution in [2.24, 2.45) is 5.73 Å². The van der Waals surface area contributed by atoms with Gasteiger partial charge in [0, 0.05) is 23.4 Å². The first-order chi connectivity index (χ1) is 8.98. The van der Waals surface area contributed by atoms with Crippen LogP contribution < -0.4 is 5.73 Å². The Balaban J connectivity index is 1.97. The molecule has 0 atom stereocenters. The van der Waals surface area contributed by atoms with Crippen molar-refractivity contribution in [2.75, 3.05) is 0 Å². The summed E-state index contributed by atoms with van der Waals surface area (Å²) in [4.78, 5) is 12.1. The number of carbonyl (C=O) groups is 1. The van der Waals surface area contributed by atoms with Gasteiger partial charge in [0.1, 0.15) is 11.6 Å². The molecule has 0 heterocycles. The van der Waals surface area contributed by atoms with E-state index in [0.717, 1.165) is 25.7 Å². The fourth-order valence-electron chi connectivity index (χ4n) is 2.77. The van der Waals surface area contributed by atoms with Gasteiger partial charge in [-0.2, -0.15) is 0 Å². The summed E-state index contributed by atoms with van der Waals surface area (Å²) in [6.07, 6.45) is 5.85. The number of halogens is 2. The Morgan fingerprint density at radius 3 is 2.63 bits per heavy atom. The van der Waals surface area contributed by atoms with Gasteiger partial charge in [0.05, 0.1) is 0 Å². The molecule has 0 saturated heterocycles. The van der Waals surface area contributed by atoms with Crippen LogP contribution in [0.1, 0.15) is 44.1 Å². The standard InChI is InChI=1S/C15H19ClFNO/c16-14-9-12(17)5-4-11(14)8-13(19)10-15(18)6-2-1-3-7-15/h4-5,9H,1-3,6-8,10,18H2. The van der Waals surface area contributed by atoms with Crippen molar-refractivity contribution >= 4 is 17.4 Å². The minimum Gasteiger partial charge on any atom is -0.325 e. The topological polar surface area (TPSA) is 43.1 Å². The highest BCUT2D eigenvalue weighted by molar-refractivity contribution is 6.31.